The molecule has 25 heavy (non-hydrogen) atoms. The normalized spacial score (nSPS) is 7.68. The topological polar surface area (TPSA) is 39.8 Å². The Morgan fingerprint density at radius 1 is 0.560 bits per heavy atom. The Morgan fingerprint density at radius 3 is 0.840 bits per heavy atom. The Bertz CT molecular complexity index is 451. The Kier molecular flexibility index (Phi) is 26.3. The molecule has 0 aliphatic carbocycles. The fourth-order valence-electron chi connectivity index (χ4n) is 2.11. The molecule has 138 valence electrons. The predicted molar refractivity (Wildman–Crippen MR) is 100 cm³/mol. The smallest absolute Gasteiger partial charge is 0 e. The Balaban J connectivity index is -0.000000149. The van der Waals surface area contributed by atoms with Crippen molar-refractivity contribution in [1.82, 2.24) is 0 Å². The van der Waals surface area contributed by atoms with Gasteiger partial charge < -0.3 is 0 Å². The van der Waals surface area contributed by atoms with Gasteiger partial charge in [0.05, 0.1) is 0 Å². The van der Waals surface area contributed by atoms with Gasteiger partial charge in [-0.05, 0) is 87.8 Å². The Morgan fingerprint density at radius 2 is 0.720 bits per heavy atom. The predicted octanol–water partition coefficient (Wildman–Crippen LogP) is 6.05. The van der Waals surface area contributed by atoms with Crippen molar-refractivity contribution in [2.75, 3.05) is 0 Å². The van der Waals surface area contributed by atoms with Gasteiger partial charge in [0.15, 0.2) is 0 Å². The number of hydrogen-bond acceptors (Lipinski definition) is 0. The third-order valence-corrected chi connectivity index (χ3v) is 4.25. The van der Waals surface area contributed by atoms with Crippen molar-refractivity contribution >= 4 is 0 Å². The molecule has 0 saturated carbocycles. The molecule has 1 aromatic rings. The van der Waals surface area contributed by atoms with Crippen LogP contribution in [0.1, 0.15) is 72.9 Å². The van der Waals surface area contributed by atoms with Crippen LogP contribution < -0.4 is 0 Å². The molecule has 0 heterocycles. The molecule has 1 aromatic carbocycles. The first kappa shape index (κ1) is 31.6. The van der Waals surface area contributed by atoms with Gasteiger partial charge in [0.1, 0.15) is 0 Å². The van der Waals surface area contributed by atoms with E-state index >= 15 is 0 Å². The number of hydrogen-bond donors (Lipinski definition) is 0. The van der Waals surface area contributed by atoms with Crippen LogP contribution in [0, 0.1) is 66.7 Å². The second-order valence-corrected chi connectivity index (χ2v) is 5.60. The molecule has 0 fully saturated rings. The van der Waals surface area contributed by atoms with Gasteiger partial charge in [0.25, 0.3) is 0 Å². The van der Waals surface area contributed by atoms with Gasteiger partial charge >= 0.3 is 22.6 Å². The van der Waals surface area contributed by atoms with E-state index in [0.29, 0.717) is 0 Å². The molecule has 0 N–H and O–H groups in total. The molecule has 0 amide bonds. The molecule has 0 bridgehead atoms. The standard InChI is InChI=1S/C12H18.C8H14.2CO.Cr/c1-7-8(2)10(4)12(6)11(5)9(7)3;1-3-5-7-8-6-4-2;2*1-2;/h1-6H3;3-6H2,1-2H3;;;. The summed E-state index contributed by atoms with van der Waals surface area (Å²) in [5.74, 6) is 6.17. The molecular weight excluding hydrogens is 348 g/mol. The largest absolute Gasteiger partial charge is 0 e. The van der Waals surface area contributed by atoms with Crippen LogP contribution in [0.25, 0.3) is 0 Å². The molecule has 0 aliphatic heterocycles. The fourth-order valence-corrected chi connectivity index (χ4v) is 2.11. The maximum Gasteiger partial charge on any atom is 0 e. The molecular formula is C22H32CrO2. The van der Waals surface area contributed by atoms with Crippen LogP contribution in [0.2, 0.25) is 0 Å². The fraction of sp³-hybridized carbons (Fsp3) is 0.545. The minimum Gasteiger partial charge on any atom is 0 e. The minimum atomic E-state index is 0. The molecule has 0 aromatic heterocycles. The zero-order valence-corrected chi connectivity index (χ0v) is 18.3. The van der Waals surface area contributed by atoms with Crippen LogP contribution in [-0.2, 0) is 26.7 Å². The van der Waals surface area contributed by atoms with Crippen molar-refractivity contribution in [3.63, 3.8) is 0 Å². The SMILES string of the molecule is CCCC#CCCC.Cc1c(C)c(C)c(C)c(C)c1C.[C-]#[O+].[C-]#[O+].[Cr]. The van der Waals surface area contributed by atoms with Crippen molar-refractivity contribution in [2.45, 2.75) is 81.1 Å². The van der Waals surface area contributed by atoms with Gasteiger partial charge in [-0.15, -0.1) is 11.8 Å². The van der Waals surface area contributed by atoms with Gasteiger partial charge in [-0.3, -0.25) is 0 Å². The summed E-state index contributed by atoms with van der Waals surface area (Å²) >= 11 is 0. The summed E-state index contributed by atoms with van der Waals surface area (Å²) in [7, 11) is 0. The quantitative estimate of drug-likeness (QED) is 0.340. The number of unbranched alkanes of at least 4 members (excludes halogenated alkanes) is 2. The molecule has 3 heteroatoms. The summed E-state index contributed by atoms with van der Waals surface area (Å²) in [6.45, 7) is 26.6. The molecule has 2 nitrogen and oxygen atoms in total. The third kappa shape index (κ3) is 12.8. The van der Waals surface area contributed by atoms with E-state index in [1.165, 1.54) is 46.2 Å². The first-order valence-corrected chi connectivity index (χ1v) is 8.28. The molecule has 0 atom stereocenters. The van der Waals surface area contributed by atoms with Crippen LogP contribution in [-0.4, -0.2) is 0 Å². The summed E-state index contributed by atoms with van der Waals surface area (Å²) in [6.07, 6.45) is 4.52. The summed E-state index contributed by atoms with van der Waals surface area (Å²) in [6, 6.07) is 0. The van der Waals surface area contributed by atoms with E-state index in [-0.39, 0.29) is 17.4 Å². The number of benzene rings is 1. The van der Waals surface area contributed by atoms with E-state index in [1.807, 2.05) is 0 Å². The number of rotatable bonds is 2. The van der Waals surface area contributed by atoms with Gasteiger partial charge in [-0.1, -0.05) is 13.8 Å². The van der Waals surface area contributed by atoms with Crippen molar-refractivity contribution in [2.24, 2.45) is 0 Å². The van der Waals surface area contributed by atoms with Crippen LogP contribution in [0.3, 0.4) is 0 Å². The molecule has 0 spiro atoms. The second kappa shape index (κ2) is 20.8. The Labute approximate surface area is 166 Å². The maximum absolute atomic E-state index is 7.50. The third-order valence-electron chi connectivity index (χ3n) is 4.25. The summed E-state index contributed by atoms with van der Waals surface area (Å²) < 4.78 is 15.0. The summed E-state index contributed by atoms with van der Waals surface area (Å²) in [5, 5.41) is 0. The summed E-state index contributed by atoms with van der Waals surface area (Å²) in [4.78, 5) is 0. The van der Waals surface area contributed by atoms with Crippen LogP contribution >= 0.6 is 0 Å². The second-order valence-electron chi connectivity index (χ2n) is 5.60. The molecule has 0 saturated heterocycles. The van der Waals surface area contributed by atoms with E-state index in [2.05, 4.69) is 80.5 Å². The zero-order valence-electron chi connectivity index (χ0n) is 17.1. The molecule has 1 rings (SSSR count). The van der Waals surface area contributed by atoms with E-state index < -0.39 is 0 Å². The summed E-state index contributed by atoms with van der Waals surface area (Å²) in [5.41, 5.74) is 8.73. The first-order valence-electron chi connectivity index (χ1n) is 8.28. The van der Waals surface area contributed by atoms with Gasteiger partial charge in [0.2, 0.25) is 0 Å². The van der Waals surface area contributed by atoms with Crippen LogP contribution in [0.15, 0.2) is 0 Å². The molecule has 0 unspecified atom stereocenters. The van der Waals surface area contributed by atoms with E-state index in [1.54, 1.807) is 0 Å². The van der Waals surface area contributed by atoms with Crippen LogP contribution in [0.5, 0.6) is 0 Å². The van der Waals surface area contributed by atoms with Gasteiger partial charge in [-0.2, -0.15) is 0 Å². The minimum absolute atomic E-state index is 0. The van der Waals surface area contributed by atoms with E-state index in [0.717, 1.165) is 12.8 Å². The van der Waals surface area contributed by atoms with Crippen molar-refractivity contribution in [1.29, 1.82) is 0 Å². The monoisotopic (exact) mass is 380 g/mol. The van der Waals surface area contributed by atoms with Gasteiger partial charge in [-0.25, -0.2) is 0 Å². The van der Waals surface area contributed by atoms with Crippen molar-refractivity contribution in [3.05, 3.63) is 46.7 Å². The van der Waals surface area contributed by atoms with E-state index in [4.69, 9.17) is 9.30 Å². The molecule has 0 aliphatic rings. The van der Waals surface area contributed by atoms with E-state index in [9.17, 15) is 0 Å². The Hall–Kier alpha value is -1.21. The average Bonchev–Trinajstić information content (AvgIpc) is 2.64. The first-order chi connectivity index (χ1) is 11.4. The van der Waals surface area contributed by atoms with Crippen molar-refractivity contribution in [3.8, 4) is 11.8 Å². The maximum atomic E-state index is 7.50. The molecule has 0 radical (unpaired) electrons. The van der Waals surface area contributed by atoms with Crippen LogP contribution in [0.4, 0.5) is 0 Å². The zero-order chi connectivity index (χ0) is 19.7. The van der Waals surface area contributed by atoms with Gasteiger partial charge in [0, 0.05) is 30.2 Å². The average molecular weight is 380 g/mol. The van der Waals surface area contributed by atoms with Crippen molar-refractivity contribution < 1.29 is 26.7 Å².